The Morgan fingerprint density at radius 3 is 2.05 bits per heavy atom. The van der Waals surface area contributed by atoms with Crippen molar-refractivity contribution < 1.29 is 45.8 Å². The first kappa shape index (κ1) is 29.7. The van der Waals surface area contributed by atoms with E-state index in [1.165, 1.54) is 48.5 Å². The van der Waals surface area contributed by atoms with E-state index in [1.54, 1.807) is 0 Å². The first-order valence-corrected chi connectivity index (χ1v) is 12.2. The Kier molecular flexibility index (Phi) is 9.76. The Hall–Kier alpha value is -3.83. The lowest BCUT2D eigenvalue weighted by molar-refractivity contribution is -0.225. The van der Waals surface area contributed by atoms with Crippen LogP contribution in [0.1, 0.15) is 48.0 Å². The lowest BCUT2D eigenvalue weighted by atomic mass is 9.80. The van der Waals surface area contributed by atoms with Crippen molar-refractivity contribution in [2.75, 3.05) is 24.7 Å². The summed E-state index contributed by atoms with van der Waals surface area (Å²) in [6, 6.07) is 9.80. The lowest BCUT2D eigenvalue weighted by Crippen LogP contribution is -2.37. The van der Waals surface area contributed by atoms with Gasteiger partial charge in [0.1, 0.15) is 19.0 Å². The summed E-state index contributed by atoms with van der Waals surface area (Å²) in [7, 11) is 0. The molecule has 4 N–H and O–H groups in total. The smallest absolute Gasteiger partial charge is 0.400 e. The summed E-state index contributed by atoms with van der Waals surface area (Å²) < 4.78 is 81.6. The monoisotopic (exact) mass is 556 g/mol. The molecule has 3 rings (SSSR count). The number of nitrogens with two attached hydrogens (primary N) is 2. The van der Waals surface area contributed by atoms with Gasteiger partial charge in [0.25, 0.3) is 0 Å². The van der Waals surface area contributed by atoms with Crippen molar-refractivity contribution in [1.29, 1.82) is 0 Å². The number of carbonyl (C=O) groups is 2. The molecule has 2 aromatic rings. The van der Waals surface area contributed by atoms with Gasteiger partial charge in [0.05, 0.1) is 11.5 Å². The number of benzene rings is 2. The topological polar surface area (TPSA) is 114 Å². The van der Waals surface area contributed by atoms with Gasteiger partial charge in [0.2, 0.25) is 0 Å². The normalized spacial score (nSPS) is 18.1. The third kappa shape index (κ3) is 9.77. The second-order valence-corrected chi connectivity index (χ2v) is 9.29. The number of esters is 2. The molecule has 1 saturated carbocycles. The summed E-state index contributed by atoms with van der Waals surface area (Å²) in [4.78, 5) is 23.9. The van der Waals surface area contributed by atoms with E-state index < -0.39 is 42.5 Å². The minimum absolute atomic E-state index is 0.0502. The molecule has 0 heterocycles. The molecule has 0 amide bonds. The van der Waals surface area contributed by atoms with Crippen molar-refractivity contribution >= 4 is 29.4 Å². The van der Waals surface area contributed by atoms with Gasteiger partial charge >= 0.3 is 24.2 Å². The van der Waals surface area contributed by atoms with Crippen LogP contribution in [0, 0.1) is 11.8 Å². The minimum Gasteiger partial charge on any atom is -0.459 e. The highest BCUT2D eigenvalue weighted by Gasteiger charge is 2.45. The fourth-order valence-electron chi connectivity index (χ4n) is 4.28. The van der Waals surface area contributed by atoms with E-state index in [0.29, 0.717) is 16.9 Å². The Bertz CT molecular complexity index is 1140. The predicted molar refractivity (Wildman–Crippen MR) is 134 cm³/mol. The van der Waals surface area contributed by atoms with Crippen LogP contribution in [-0.4, -0.2) is 37.4 Å². The third-order valence-corrected chi connectivity index (χ3v) is 6.16. The second-order valence-electron chi connectivity index (χ2n) is 9.29. The van der Waals surface area contributed by atoms with Crippen LogP contribution in [0.25, 0.3) is 6.08 Å². The molecule has 0 bridgehead atoms. The first-order valence-electron chi connectivity index (χ1n) is 12.2. The Morgan fingerprint density at radius 1 is 0.872 bits per heavy atom. The van der Waals surface area contributed by atoms with E-state index in [2.05, 4.69) is 0 Å². The maximum Gasteiger partial charge on any atom is 0.400 e. The average Bonchev–Trinajstić information content (AvgIpc) is 2.84. The number of hydrogen-bond donors (Lipinski definition) is 2. The fraction of sp³-hybridized carbons (Fsp3) is 0.407. The van der Waals surface area contributed by atoms with Gasteiger partial charge in [0.15, 0.2) is 0 Å². The Morgan fingerprint density at radius 2 is 1.46 bits per heavy atom. The maximum absolute atomic E-state index is 14.6. The van der Waals surface area contributed by atoms with Gasteiger partial charge in [-0.15, -0.1) is 0 Å². The largest absolute Gasteiger partial charge is 0.459 e. The molecule has 12 heteroatoms. The molecule has 1 aliphatic rings. The van der Waals surface area contributed by atoms with Gasteiger partial charge in [-0.05, 0) is 73.6 Å². The summed E-state index contributed by atoms with van der Waals surface area (Å²) in [6.45, 7) is -0.399. The number of anilines is 2. The quantitative estimate of drug-likeness (QED) is 0.121. The number of nitrogen functional groups attached to an aromatic ring is 2. The summed E-state index contributed by atoms with van der Waals surface area (Å²) >= 11 is 0. The molecule has 0 radical (unpaired) electrons. The highest BCUT2D eigenvalue weighted by atomic mass is 19.4. The number of ether oxygens (including phenoxy) is 3. The molecule has 212 valence electrons. The molecule has 0 atom stereocenters. The van der Waals surface area contributed by atoms with Crippen LogP contribution >= 0.6 is 0 Å². The summed E-state index contributed by atoms with van der Waals surface area (Å²) in [5.74, 6) is -3.31. The second kappa shape index (κ2) is 12.8. The van der Waals surface area contributed by atoms with Crippen molar-refractivity contribution in [1.82, 2.24) is 0 Å². The fourth-order valence-corrected chi connectivity index (χ4v) is 4.28. The zero-order chi connectivity index (χ0) is 28.6. The molecular formula is C27H29F5N2O5. The molecule has 39 heavy (non-hydrogen) atoms. The van der Waals surface area contributed by atoms with E-state index in [9.17, 15) is 31.5 Å². The van der Waals surface area contributed by atoms with Crippen molar-refractivity contribution in [2.45, 2.75) is 44.4 Å². The molecule has 1 aliphatic carbocycles. The van der Waals surface area contributed by atoms with Crippen molar-refractivity contribution in [3.05, 3.63) is 59.7 Å². The van der Waals surface area contributed by atoms with Crippen molar-refractivity contribution in [3.8, 4) is 5.75 Å². The third-order valence-electron chi connectivity index (χ3n) is 6.16. The molecule has 2 aromatic carbocycles. The first-order chi connectivity index (χ1) is 18.3. The van der Waals surface area contributed by atoms with E-state index in [4.69, 9.17) is 25.7 Å². The van der Waals surface area contributed by atoms with Gasteiger partial charge in [-0.1, -0.05) is 12.1 Å². The molecule has 0 spiro atoms. The van der Waals surface area contributed by atoms with Gasteiger partial charge in [-0.3, -0.25) is 0 Å². The van der Waals surface area contributed by atoms with Crippen LogP contribution in [0.5, 0.6) is 5.75 Å². The standard InChI is InChI=1S/C27H29F5N2O5/c28-26(29,30)16-18-1-6-20(7-2-18)27(31,32)39-23-8-3-17(4-9-23)5-10-24(35)37-11-12-38-25(36)19-13-21(33)15-22(34)14-19/h3-5,8-10,13-15,18,20H,1-2,6-7,11-12,16,33-34H2/b10-5+. The van der Waals surface area contributed by atoms with Gasteiger partial charge in [-0.25, -0.2) is 9.59 Å². The van der Waals surface area contributed by atoms with E-state index in [-0.39, 0.29) is 50.2 Å². The summed E-state index contributed by atoms with van der Waals surface area (Å²) in [5, 5.41) is 0. The lowest BCUT2D eigenvalue weighted by Gasteiger charge is -2.33. The van der Waals surface area contributed by atoms with Crippen LogP contribution in [-0.2, 0) is 14.3 Å². The number of rotatable bonds is 10. The van der Waals surface area contributed by atoms with E-state index in [1.807, 2.05) is 0 Å². The van der Waals surface area contributed by atoms with E-state index >= 15 is 0 Å². The summed E-state index contributed by atoms with van der Waals surface area (Å²) in [6.07, 6.45) is -6.22. The maximum atomic E-state index is 14.6. The SMILES string of the molecule is Nc1cc(N)cc(C(=O)OCCOC(=O)/C=C/c2ccc(OC(F)(F)C3CCC(CC(F)(F)F)CC3)cc2)c1. The highest BCUT2D eigenvalue weighted by Crippen LogP contribution is 2.42. The minimum atomic E-state index is -4.30. The predicted octanol–water partition coefficient (Wildman–Crippen LogP) is 5.99. The van der Waals surface area contributed by atoms with E-state index in [0.717, 1.165) is 6.08 Å². The number of carbonyl (C=O) groups excluding carboxylic acids is 2. The van der Waals surface area contributed by atoms with Crippen LogP contribution in [0.2, 0.25) is 0 Å². The molecule has 0 unspecified atom stereocenters. The number of hydrogen-bond acceptors (Lipinski definition) is 7. The van der Waals surface area contributed by atoms with Crippen LogP contribution in [0.15, 0.2) is 48.5 Å². The van der Waals surface area contributed by atoms with Gasteiger partial charge < -0.3 is 25.7 Å². The average molecular weight is 557 g/mol. The van der Waals surface area contributed by atoms with Crippen molar-refractivity contribution in [2.24, 2.45) is 11.8 Å². The molecule has 1 fully saturated rings. The zero-order valence-electron chi connectivity index (χ0n) is 20.9. The van der Waals surface area contributed by atoms with Gasteiger partial charge in [-0.2, -0.15) is 22.0 Å². The Labute approximate surface area is 221 Å². The molecule has 0 aromatic heterocycles. The van der Waals surface area contributed by atoms with Crippen molar-refractivity contribution in [3.63, 3.8) is 0 Å². The Balaban J connectivity index is 1.40. The van der Waals surface area contributed by atoms with Crippen LogP contribution < -0.4 is 16.2 Å². The molecule has 0 saturated heterocycles. The number of alkyl halides is 5. The van der Waals surface area contributed by atoms with Crippen LogP contribution in [0.3, 0.4) is 0 Å². The van der Waals surface area contributed by atoms with Gasteiger partial charge in [0, 0.05) is 23.9 Å². The molecular weight excluding hydrogens is 527 g/mol. The molecule has 0 aliphatic heterocycles. The summed E-state index contributed by atoms with van der Waals surface area (Å²) in [5.41, 5.74) is 12.5. The van der Waals surface area contributed by atoms with Crippen LogP contribution in [0.4, 0.5) is 33.3 Å². The molecule has 7 nitrogen and oxygen atoms in total. The highest BCUT2D eigenvalue weighted by molar-refractivity contribution is 5.91. The zero-order valence-corrected chi connectivity index (χ0v) is 20.9. The number of halogens is 5.